The quantitative estimate of drug-likeness (QED) is 0.172. The fourth-order valence-corrected chi connectivity index (χ4v) is 7.82. The summed E-state index contributed by atoms with van der Waals surface area (Å²) in [5.74, 6) is -4.28. The van der Waals surface area contributed by atoms with E-state index < -0.39 is 83.3 Å². The highest BCUT2D eigenvalue weighted by atomic mass is 19.1. The van der Waals surface area contributed by atoms with Crippen LogP contribution in [0.25, 0.3) is 0 Å². The van der Waals surface area contributed by atoms with Crippen LogP contribution >= 0.6 is 0 Å². The van der Waals surface area contributed by atoms with Crippen molar-refractivity contribution in [1.82, 2.24) is 0 Å². The van der Waals surface area contributed by atoms with E-state index in [0.29, 0.717) is 37.7 Å². The zero-order valence-electron chi connectivity index (χ0n) is 28.8. The van der Waals surface area contributed by atoms with Crippen molar-refractivity contribution in [2.45, 2.75) is 130 Å². The summed E-state index contributed by atoms with van der Waals surface area (Å²) in [5.41, 5.74) is 1.91. The second-order valence-electron chi connectivity index (χ2n) is 14.2. The Morgan fingerprint density at radius 3 is 2.45 bits per heavy atom. The molecule has 0 amide bonds. The van der Waals surface area contributed by atoms with Gasteiger partial charge in [-0.15, -0.1) is 0 Å². The van der Waals surface area contributed by atoms with Crippen molar-refractivity contribution in [2.24, 2.45) is 34.3 Å². The molecule has 0 aromatic carbocycles. The number of rotatable bonds is 16. The Kier molecular flexibility index (Phi) is 13.1. The molecular formula is C36H54FNO9. The first-order chi connectivity index (χ1) is 22.1. The third-order valence-corrected chi connectivity index (χ3v) is 10.8. The second-order valence-corrected chi connectivity index (χ2v) is 14.2. The largest absolute Gasteiger partial charge is 0.464 e. The number of unbranched alkanes of at least 4 members (excludes halogenated alkanes) is 1. The smallest absolute Gasteiger partial charge is 0.323 e. The minimum Gasteiger partial charge on any atom is -0.464 e. The van der Waals surface area contributed by atoms with Gasteiger partial charge in [-0.05, 0) is 63.0 Å². The molecule has 0 aromatic heterocycles. The van der Waals surface area contributed by atoms with Crippen LogP contribution in [0.5, 0.6) is 0 Å². The maximum atomic E-state index is 17.7. The van der Waals surface area contributed by atoms with Crippen molar-refractivity contribution in [1.29, 1.82) is 0 Å². The first-order valence-electron chi connectivity index (χ1n) is 17.2. The zero-order chi connectivity index (χ0) is 35.2. The first-order valence-corrected chi connectivity index (χ1v) is 17.2. The van der Waals surface area contributed by atoms with Crippen molar-refractivity contribution in [3.63, 3.8) is 0 Å². The monoisotopic (exact) mass is 663 g/mol. The molecule has 0 spiro atoms. The number of nitrogens with two attached hydrogens (primary N) is 1. The van der Waals surface area contributed by atoms with Crippen LogP contribution in [0.2, 0.25) is 0 Å². The van der Waals surface area contributed by atoms with Crippen molar-refractivity contribution in [3.8, 4) is 0 Å². The Bertz CT molecular complexity index is 1250. The highest BCUT2D eigenvalue weighted by Gasteiger charge is 2.70. The van der Waals surface area contributed by atoms with Crippen molar-refractivity contribution >= 4 is 29.5 Å². The van der Waals surface area contributed by atoms with Gasteiger partial charge in [0.1, 0.15) is 6.04 Å². The van der Waals surface area contributed by atoms with Crippen LogP contribution in [-0.2, 0) is 38.2 Å². The average Bonchev–Trinajstić information content (AvgIpc) is 3.03. The number of carbonyl (C=O) groups excluding carboxylic acids is 5. The highest BCUT2D eigenvalue weighted by Crippen LogP contribution is 2.66. The van der Waals surface area contributed by atoms with Crippen LogP contribution in [0.1, 0.15) is 106 Å². The molecule has 0 aromatic rings. The summed E-state index contributed by atoms with van der Waals surface area (Å²) in [6.45, 7) is 10.6. The third kappa shape index (κ3) is 8.04. The summed E-state index contributed by atoms with van der Waals surface area (Å²) < 4.78 is 33.9. The SMILES string of the molecule is CCCCC(=O)OC(C(=O)COC(=O)CC(N)C(=O)OCC(C)CC)C1(C)CC(O)C2(F)C(CCC3=CC(=O)C=CC32C)C1CCC. The lowest BCUT2D eigenvalue weighted by Crippen LogP contribution is -2.69. The van der Waals surface area contributed by atoms with Crippen molar-refractivity contribution in [2.75, 3.05) is 13.2 Å². The molecule has 47 heavy (non-hydrogen) atoms. The fraction of sp³-hybridized carbons (Fsp3) is 0.750. The summed E-state index contributed by atoms with van der Waals surface area (Å²) in [4.78, 5) is 64.0. The molecule has 0 aliphatic heterocycles. The molecule has 264 valence electrons. The Morgan fingerprint density at radius 2 is 1.81 bits per heavy atom. The standard InChI is InChI=1S/C36H54FNO9/c1-7-10-12-30(42)47-32(28(40)21-45-31(43)18-27(38)33(44)46-20-22(4)9-3)34(5)19-29(41)36(37)26(25(34)11-8-2)14-13-23-17-24(39)15-16-35(23,36)6/h15-17,22,25-27,29,32,41H,7-14,18-21,38H2,1-6H3. The van der Waals surface area contributed by atoms with Crippen molar-refractivity contribution in [3.05, 3.63) is 23.8 Å². The van der Waals surface area contributed by atoms with Gasteiger partial charge in [-0.25, -0.2) is 4.39 Å². The topological polar surface area (TPSA) is 159 Å². The van der Waals surface area contributed by atoms with Crippen LogP contribution in [0.4, 0.5) is 4.39 Å². The molecule has 11 heteroatoms. The summed E-state index contributed by atoms with van der Waals surface area (Å²) in [6.07, 6.45) is 4.68. The average molecular weight is 664 g/mol. The van der Waals surface area contributed by atoms with E-state index in [1.807, 2.05) is 27.7 Å². The van der Waals surface area contributed by atoms with E-state index in [9.17, 15) is 29.1 Å². The van der Waals surface area contributed by atoms with Crippen molar-refractivity contribution < 1.29 is 47.7 Å². The van der Waals surface area contributed by atoms with Gasteiger partial charge in [0.25, 0.3) is 0 Å². The number of hydrogen-bond acceptors (Lipinski definition) is 10. The van der Waals surface area contributed by atoms with Crippen LogP contribution in [0.3, 0.4) is 0 Å². The summed E-state index contributed by atoms with van der Waals surface area (Å²) in [7, 11) is 0. The van der Waals surface area contributed by atoms with Gasteiger partial charge in [-0.2, -0.15) is 0 Å². The number of ketones is 2. The van der Waals surface area contributed by atoms with Crippen LogP contribution < -0.4 is 5.73 Å². The summed E-state index contributed by atoms with van der Waals surface area (Å²) in [6, 6.07) is -1.28. The lowest BCUT2D eigenvalue weighted by Gasteiger charge is -2.63. The van der Waals surface area contributed by atoms with E-state index in [0.717, 1.165) is 12.8 Å². The Hall–Kier alpha value is -2.92. The van der Waals surface area contributed by atoms with Gasteiger partial charge in [0.15, 0.2) is 24.2 Å². The Morgan fingerprint density at radius 1 is 1.11 bits per heavy atom. The van der Waals surface area contributed by atoms with E-state index >= 15 is 4.39 Å². The Labute approximate surface area is 278 Å². The van der Waals surface area contributed by atoms with Gasteiger partial charge in [0.2, 0.25) is 5.78 Å². The molecule has 0 radical (unpaired) electrons. The number of halogens is 1. The van der Waals surface area contributed by atoms with E-state index in [1.165, 1.54) is 12.2 Å². The number of Topliss-reactive ketones (excluding diaryl/α,β-unsaturated/α-hetero) is 1. The van der Waals surface area contributed by atoms with Gasteiger partial charge in [0, 0.05) is 23.2 Å². The molecule has 3 aliphatic rings. The molecule has 3 aliphatic carbocycles. The van der Waals surface area contributed by atoms with Gasteiger partial charge < -0.3 is 25.1 Å². The van der Waals surface area contributed by atoms with E-state index in [-0.39, 0.29) is 31.1 Å². The molecule has 9 atom stereocenters. The van der Waals surface area contributed by atoms with E-state index in [1.54, 1.807) is 19.9 Å². The number of alkyl halides is 1. The molecule has 10 nitrogen and oxygen atoms in total. The fourth-order valence-electron chi connectivity index (χ4n) is 7.82. The number of aliphatic hydroxyl groups is 1. The maximum absolute atomic E-state index is 17.7. The predicted molar refractivity (Wildman–Crippen MR) is 172 cm³/mol. The molecule has 3 N–H and O–H groups in total. The zero-order valence-corrected chi connectivity index (χ0v) is 28.8. The number of carbonyl (C=O) groups is 5. The van der Waals surface area contributed by atoms with Crippen LogP contribution in [0, 0.1) is 28.6 Å². The minimum atomic E-state index is -2.14. The molecule has 0 bridgehead atoms. The number of allylic oxidation sites excluding steroid dienone is 4. The molecule has 2 fully saturated rings. The summed E-state index contributed by atoms with van der Waals surface area (Å²) >= 11 is 0. The maximum Gasteiger partial charge on any atom is 0.323 e. The molecule has 3 rings (SSSR count). The van der Waals surface area contributed by atoms with Gasteiger partial charge >= 0.3 is 17.9 Å². The third-order valence-electron chi connectivity index (χ3n) is 10.8. The highest BCUT2D eigenvalue weighted by molar-refractivity contribution is 6.01. The van der Waals surface area contributed by atoms with E-state index in [2.05, 4.69) is 0 Å². The predicted octanol–water partition coefficient (Wildman–Crippen LogP) is 4.88. The molecule has 2 saturated carbocycles. The second kappa shape index (κ2) is 16.0. The van der Waals surface area contributed by atoms with Gasteiger partial charge in [-0.3, -0.25) is 24.0 Å². The number of hydrogen-bond donors (Lipinski definition) is 2. The summed E-state index contributed by atoms with van der Waals surface area (Å²) in [5, 5.41) is 11.7. The van der Waals surface area contributed by atoms with Gasteiger partial charge in [0.05, 0.1) is 19.1 Å². The number of fused-ring (bicyclic) bond motifs is 3. The molecule has 0 saturated heterocycles. The normalized spacial score (nSPS) is 31.8. The minimum absolute atomic E-state index is 0.0618. The van der Waals surface area contributed by atoms with Gasteiger partial charge in [-0.1, -0.05) is 65.5 Å². The van der Waals surface area contributed by atoms with Crippen LogP contribution in [0.15, 0.2) is 23.8 Å². The molecular weight excluding hydrogens is 609 g/mol. The first kappa shape index (κ1) is 38.5. The number of esters is 3. The molecule has 0 heterocycles. The number of ether oxygens (including phenoxy) is 3. The lowest BCUT2D eigenvalue weighted by atomic mass is 9.44. The van der Waals surface area contributed by atoms with E-state index in [4.69, 9.17) is 19.9 Å². The molecule has 9 unspecified atom stereocenters. The number of aliphatic hydroxyl groups excluding tert-OH is 1. The Balaban J connectivity index is 1.88. The lowest BCUT2D eigenvalue weighted by molar-refractivity contribution is -0.222. The van der Waals surface area contributed by atoms with Crippen LogP contribution in [-0.4, -0.2) is 71.7 Å².